The van der Waals surface area contributed by atoms with E-state index < -0.39 is 0 Å². The molecule has 0 bridgehead atoms. The van der Waals surface area contributed by atoms with E-state index in [9.17, 15) is 0 Å². The van der Waals surface area contributed by atoms with Crippen molar-refractivity contribution in [2.24, 2.45) is 5.92 Å². The molecule has 0 spiro atoms. The molecule has 78 valence electrons. The van der Waals surface area contributed by atoms with Crippen LogP contribution in [-0.2, 0) is 4.74 Å². The second kappa shape index (κ2) is 7.34. The van der Waals surface area contributed by atoms with Gasteiger partial charge < -0.3 is 10.1 Å². The molecule has 1 saturated carbocycles. The molecule has 1 rings (SSSR count). The lowest BCUT2D eigenvalue weighted by Crippen LogP contribution is -2.07. The Hall–Kier alpha value is -0.0800. The summed E-state index contributed by atoms with van der Waals surface area (Å²) in [5.41, 5.74) is 0. The molecule has 0 atom stereocenters. The van der Waals surface area contributed by atoms with Crippen LogP contribution < -0.4 is 5.32 Å². The van der Waals surface area contributed by atoms with E-state index in [1.54, 1.807) is 0 Å². The van der Waals surface area contributed by atoms with Crippen LogP contribution in [0.4, 0.5) is 0 Å². The molecule has 0 unspecified atom stereocenters. The normalized spacial score (nSPS) is 16.4. The summed E-state index contributed by atoms with van der Waals surface area (Å²) in [5.74, 6) is 0.921. The molecule has 1 aliphatic rings. The number of hydrogen-bond donors (Lipinski definition) is 1. The van der Waals surface area contributed by atoms with E-state index in [0.717, 1.165) is 25.7 Å². The van der Waals surface area contributed by atoms with Gasteiger partial charge in [0.05, 0.1) is 0 Å². The third kappa shape index (κ3) is 7.03. The molecule has 0 aliphatic heterocycles. The lowest BCUT2D eigenvalue weighted by Gasteiger charge is -2.02. The van der Waals surface area contributed by atoms with Gasteiger partial charge in [0.2, 0.25) is 0 Å². The molecule has 13 heavy (non-hydrogen) atoms. The molecule has 0 aromatic rings. The number of ether oxygens (including phenoxy) is 1. The molecule has 0 aromatic heterocycles. The summed E-state index contributed by atoms with van der Waals surface area (Å²) in [4.78, 5) is 0. The molecule has 2 nitrogen and oxygen atoms in total. The van der Waals surface area contributed by atoms with Crippen LogP contribution in [0, 0.1) is 5.92 Å². The van der Waals surface area contributed by atoms with Crippen molar-refractivity contribution < 1.29 is 4.74 Å². The predicted molar refractivity (Wildman–Crippen MR) is 55.9 cm³/mol. The highest BCUT2D eigenvalue weighted by Gasteiger charge is 2.20. The van der Waals surface area contributed by atoms with Gasteiger partial charge in [0.1, 0.15) is 0 Å². The number of nitrogens with one attached hydrogen (secondary N) is 1. The van der Waals surface area contributed by atoms with E-state index in [1.165, 1.54) is 38.5 Å². The third-order valence-electron chi connectivity index (χ3n) is 2.52. The lowest BCUT2D eigenvalue weighted by molar-refractivity contribution is 0.120. The Morgan fingerprint density at radius 2 is 1.92 bits per heavy atom. The Kier molecular flexibility index (Phi) is 6.21. The first-order valence-electron chi connectivity index (χ1n) is 5.66. The molecular formula is C11H23NO. The van der Waals surface area contributed by atoms with Crippen molar-refractivity contribution in [1.82, 2.24) is 5.32 Å². The minimum Gasteiger partial charge on any atom is -0.381 e. The summed E-state index contributed by atoms with van der Waals surface area (Å²) >= 11 is 0. The molecule has 1 fully saturated rings. The summed E-state index contributed by atoms with van der Waals surface area (Å²) in [6.45, 7) is 3.16. The zero-order valence-electron chi connectivity index (χ0n) is 8.85. The molecule has 0 saturated heterocycles. The topological polar surface area (TPSA) is 21.3 Å². The van der Waals surface area contributed by atoms with Crippen molar-refractivity contribution in [2.45, 2.75) is 38.5 Å². The first-order valence-corrected chi connectivity index (χ1v) is 5.66. The average Bonchev–Trinajstić information content (AvgIpc) is 2.93. The van der Waals surface area contributed by atoms with E-state index in [-0.39, 0.29) is 0 Å². The second-order valence-corrected chi connectivity index (χ2v) is 4.04. The van der Waals surface area contributed by atoms with Crippen LogP contribution in [-0.4, -0.2) is 26.8 Å². The van der Waals surface area contributed by atoms with Gasteiger partial charge in [-0.2, -0.15) is 0 Å². The number of unbranched alkanes of at least 4 members (excludes halogenated alkanes) is 3. The Labute approximate surface area is 82.0 Å². The minimum atomic E-state index is 0.921. The maximum Gasteiger partial charge on any atom is 0.0494 e. The number of rotatable bonds is 9. The van der Waals surface area contributed by atoms with Gasteiger partial charge >= 0.3 is 0 Å². The zero-order chi connectivity index (χ0) is 9.36. The van der Waals surface area contributed by atoms with Crippen LogP contribution in [0.5, 0.6) is 0 Å². The summed E-state index contributed by atoms with van der Waals surface area (Å²) in [6.07, 6.45) is 8.03. The van der Waals surface area contributed by atoms with E-state index >= 15 is 0 Å². The zero-order valence-corrected chi connectivity index (χ0v) is 8.85. The first kappa shape index (κ1) is 11.0. The highest BCUT2D eigenvalue weighted by Crippen LogP contribution is 2.28. The van der Waals surface area contributed by atoms with Crippen molar-refractivity contribution in [3.05, 3.63) is 0 Å². The highest BCUT2D eigenvalue weighted by molar-refractivity contribution is 4.71. The SMILES string of the molecule is CNCCCCCCOCC1CC1. The Bertz CT molecular complexity index is 113. The van der Waals surface area contributed by atoms with Crippen molar-refractivity contribution in [3.8, 4) is 0 Å². The van der Waals surface area contributed by atoms with Gasteiger partial charge in [-0.25, -0.2) is 0 Å². The fourth-order valence-electron chi connectivity index (χ4n) is 1.39. The summed E-state index contributed by atoms with van der Waals surface area (Å²) in [7, 11) is 2.01. The fraction of sp³-hybridized carbons (Fsp3) is 1.00. The largest absolute Gasteiger partial charge is 0.381 e. The van der Waals surface area contributed by atoms with Crippen molar-refractivity contribution in [2.75, 3.05) is 26.8 Å². The monoisotopic (exact) mass is 185 g/mol. The summed E-state index contributed by atoms with van der Waals surface area (Å²) in [6, 6.07) is 0. The quantitative estimate of drug-likeness (QED) is 0.556. The van der Waals surface area contributed by atoms with Crippen molar-refractivity contribution in [3.63, 3.8) is 0 Å². The van der Waals surface area contributed by atoms with E-state index in [2.05, 4.69) is 5.32 Å². The third-order valence-corrected chi connectivity index (χ3v) is 2.52. The lowest BCUT2D eigenvalue weighted by atomic mass is 10.2. The van der Waals surface area contributed by atoms with Gasteiger partial charge in [0.25, 0.3) is 0 Å². The van der Waals surface area contributed by atoms with Gasteiger partial charge in [0.15, 0.2) is 0 Å². The molecule has 0 radical (unpaired) electrons. The molecule has 1 aliphatic carbocycles. The van der Waals surface area contributed by atoms with Crippen molar-refractivity contribution in [1.29, 1.82) is 0 Å². The summed E-state index contributed by atoms with van der Waals surface area (Å²) in [5, 5.41) is 3.16. The van der Waals surface area contributed by atoms with Crippen LogP contribution >= 0.6 is 0 Å². The molecular weight excluding hydrogens is 162 g/mol. The number of hydrogen-bond acceptors (Lipinski definition) is 2. The molecule has 1 N–H and O–H groups in total. The van der Waals surface area contributed by atoms with E-state index in [0.29, 0.717) is 0 Å². The summed E-state index contributed by atoms with van der Waals surface area (Å²) < 4.78 is 5.55. The van der Waals surface area contributed by atoms with Crippen molar-refractivity contribution >= 4 is 0 Å². The Morgan fingerprint density at radius 1 is 1.15 bits per heavy atom. The Balaban J connectivity index is 1.63. The maximum absolute atomic E-state index is 5.55. The predicted octanol–water partition coefficient (Wildman–Crippen LogP) is 2.19. The van der Waals surface area contributed by atoms with E-state index in [1.807, 2.05) is 7.05 Å². The first-order chi connectivity index (χ1) is 6.43. The van der Waals surface area contributed by atoms with Gasteiger partial charge in [0, 0.05) is 13.2 Å². The fourth-order valence-corrected chi connectivity index (χ4v) is 1.39. The van der Waals surface area contributed by atoms with Gasteiger partial charge in [-0.15, -0.1) is 0 Å². The van der Waals surface area contributed by atoms with Gasteiger partial charge in [-0.3, -0.25) is 0 Å². The average molecular weight is 185 g/mol. The van der Waals surface area contributed by atoms with E-state index in [4.69, 9.17) is 4.74 Å². The molecule has 0 amide bonds. The Morgan fingerprint density at radius 3 is 2.62 bits per heavy atom. The van der Waals surface area contributed by atoms with Gasteiger partial charge in [-0.1, -0.05) is 12.8 Å². The smallest absolute Gasteiger partial charge is 0.0494 e. The van der Waals surface area contributed by atoms with Crippen LogP contribution in [0.25, 0.3) is 0 Å². The molecule has 0 heterocycles. The standard InChI is InChI=1S/C11H23NO/c1-12-8-4-2-3-5-9-13-10-11-6-7-11/h11-12H,2-10H2,1H3. The minimum absolute atomic E-state index is 0.921. The second-order valence-electron chi connectivity index (χ2n) is 4.04. The molecule has 2 heteroatoms. The van der Waals surface area contributed by atoms with Crippen LogP contribution in [0.1, 0.15) is 38.5 Å². The van der Waals surface area contributed by atoms with Gasteiger partial charge in [-0.05, 0) is 45.2 Å². The van der Waals surface area contributed by atoms with Crippen LogP contribution in [0.3, 0.4) is 0 Å². The molecule has 0 aromatic carbocycles. The van der Waals surface area contributed by atoms with Crippen LogP contribution in [0.15, 0.2) is 0 Å². The highest BCUT2D eigenvalue weighted by atomic mass is 16.5. The van der Waals surface area contributed by atoms with Crippen LogP contribution in [0.2, 0.25) is 0 Å². The maximum atomic E-state index is 5.55.